The van der Waals surface area contributed by atoms with Crippen LogP contribution in [0.25, 0.3) is 0 Å². The lowest BCUT2D eigenvalue weighted by atomic mass is 10.1. The second-order valence-corrected chi connectivity index (χ2v) is 4.56. The van der Waals surface area contributed by atoms with E-state index in [4.69, 9.17) is 4.74 Å². The minimum Gasteiger partial charge on any atom is -0.353 e. The highest BCUT2D eigenvalue weighted by Crippen LogP contribution is 2.27. The molecule has 4 heteroatoms. The van der Waals surface area contributed by atoms with Gasteiger partial charge in [0.05, 0.1) is 0 Å². The van der Waals surface area contributed by atoms with Gasteiger partial charge >= 0.3 is 0 Å². The first-order chi connectivity index (χ1) is 7.63. The van der Waals surface area contributed by atoms with E-state index in [0.717, 1.165) is 4.90 Å². The zero-order valence-electron chi connectivity index (χ0n) is 9.10. The second-order valence-electron chi connectivity index (χ2n) is 3.68. The molecule has 1 fully saturated rings. The average molecular weight is 236 g/mol. The van der Waals surface area contributed by atoms with Crippen LogP contribution < -0.4 is 0 Å². The highest BCUT2D eigenvalue weighted by molar-refractivity contribution is 7.98. The van der Waals surface area contributed by atoms with Gasteiger partial charge in [0.1, 0.15) is 0 Å². The van der Waals surface area contributed by atoms with Gasteiger partial charge in [-0.15, -0.1) is 11.8 Å². The minimum atomic E-state index is -0.558. The number of benzene rings is 1. The summed E-state index contributed by atoms with van der Waals surface area (Å²) in [6.07, 6.45) is 0.900. The van der Waals surface area contributed by atoms with Gasteiger partial charge in [0.15, 0.2) is 23.8 Å². The van der Waals surface area contributed by atoms with E-state index >= 15 is 0 Å². The van der Waals surface area contributed by atoms with Gasteiger partial charge in [-0.05, 0) is 25.3 Å². The Bertz CT molecular complexity index is 424. The van der Waals surface area contributed by atoms with Crippen molar-refractivity contribution in [3.05, 3.63) is 29.8 Å². The van der Waals surface area contributed by atoms with E-state index in [2.05, 4.69) is 0 Å². The molecule has 0 aliphatic carbocycles. The molecule has 3 nitrogen and oxygen atoms in total. The molecule has 0 amide bonds. The Morgan fingerprint density at radius 3 is 2.25 bits per heavy atom. The van der Waals surface area contributed by atoms with E-state index in [1.54, 1.807) is 23.9 Å². The summed E-state index contributed by atoms with van der Waals surface area (Å²) in [4.78, 5) is 23.9. The predicted molar refractivity (Wildman–Crippen MR) is 61.9 cm³/mol. The molecule has 0 radical (unpaired) electrons. The largest absolute Gasteiger partial charge is 0.353 e. The second kappa shape index (κ2) is 4.39. The number of hydrogen-bond donors (Lipinski definition) is 0. The van der Waals surface area contributed by atoms with Crippen LogP contribution in [0.1, 0.15) is 17.3 Å². The molecule has 16 heavy (non-hydrogen) atoms. The van der Waals surface area contributed by atoms with Crippen LogP contribution in [0.4, 0.5) is 0 Å². The molecule has 2 rings (SSSR count). The van der Waals surface area contributed by atoms with E-state index < -0.39 is 12.2 Å². The Hall–Kier alpha value is -1.13. The number of ketones is 2. The molecule has 1 aromatic rings. The van der Waals surface area contributed by atoms with Crippen molar-refractivity contribution in [2.24, 2.45) is 0 Å². The van der Waals surface area contributed by atoms with E-state index in [-0.39, 0.29) is 11.6 Å². The molecule has 0 bridgehead atoms. The first-order valence-corrected chi connectivity index (χ1v) is 6.20. The van der Waals surface area contributed by atoms with Crippen LogP contribution in [-0.4, -0.2) is 30.0 Å². The molecule has 1 aliphatic rings. The molecular formula is C12H12O3S. The number of Topliss-reactive ketones (excluding diaryl/α,β-unsaturated/α-hetero) is 2. The summed E-state index contributed by atoms with van der Waals surface area (Å²) in [5.41, 5.74) is 0.603. The van der Waals surface area contributed by atoms with Gasteiger partial charge in [0.2, 0.25) is 0 Å². The van der Waals surface area contributed by atoms with Crippen molar-refractivity contribution in [2.75, 3.05) is 6.26 Å². The van der Waals surface area contributed by atoms with Crippen LogP contribution in [0.3, 0.4) is 0 Å². The van der Waals surface area contributed by atoms with Crippen LogP contribution in [-0.2, 0) is 9.53 Å². The number of rotatable bonds is 4. The molecule has 84 valence electrons. The fraction of sp³-hybridized carbons (Fsp3) is 0.333. The third-order valence-corrected chi connectivity index (χ3v) is 3.27. The molecule has 0 aromatic heterocycles. The fourth-order valence-corrected chi connectivity index (χ4v) is 1.95. The van der Waals surface area contributed by atoms with Gasteiger partial charge in [0, 0.05) is 10.5 Å². The summed E-state index contributed by atoms with van der Waals surface area (Å²) >= 11 is 1.62. The summed E-state index contributed by atoms with van der Waals surface area (Å²) in [6.45, 7) is 1.44. The number of hydrogen-bond acceptors (Lipinski definition) is 4. The molecule has 0 saturated carbocycles. The number of carbonyl (C=O) groups excluding carboxylic acids is 2. The lowest BCUT2D eigenvalue weighted by molar-refractivity contribution is -0.118. The normalized spacial score (nSPS) is 22.9. The van der Waals surface area contributed by atoms with E-state index in [1.807, 2.05) is 18.4 Å². The van der Waals surface area contributed by atoms with Gasteiger partial charge in [-0.3, -0.25) is 9.59 Å². The summed E-state index contributed by atoms with van der Waals surface area (Å²) < 4.78 is 5.05. The molecule has 2 atom stereocenters. The van der Waals surface area contributed by atoms with Crippen molar-refractivity contribution in [1.82, 2.24) is 0 Å². The van der Waals surface area contributed by atoms with Crippen molar-refractivity contribution >= 4 is 23.3 Å². The van der Waals surface area contributed by atoms with Crippen molar-refractivity contribution in [3.8, 4) is 0 Å². The summed E-state index contributed by atoms with van der Waals surface area (Å²) in [7, 11) is 0. The SMILES string of the molecule is CSc1ccc(C(=O)C2OC2C(C)=O)cc1. The van der Waals surface area contributed by atoms with E-state index in [0.29, 0.717) is 5.56 Å². The molecule has 1 aromatic carbocycles. The molecule has 1 heterocycles. The van der Waals surface area contributed by atoms with Gasteiger partial charge in [0.25, 0.3) is 0 Å². The Labute approximate surface area is 98.2 Å². The Balaban J connectivity index is 2.08. The van der Waals surface area contributed by atoms with Crippen LogP contribution in [0.15, 0.2) is 29.2 Å². The fourth-order valence-electron chi connectivity index (χ4n) is 1.54. The monoisotopic (exact) mass is 236 g/mol. The topological polar surface area (TPSA) is 46.7 Å². The van der Waals surface area contributed by atoms with Crippen LogP contribution in [0.2, 0.25) is 0 Å². The van der Waals surface area contributed by atoms with Crippen LogP contribution >= 0.6 is 11.8 Å². The smallest absolute Gasteiger partial charge is 0.194 e. The maximum absolute atomic E-state index is 11.8. The standard InChI is InChI=1S/C12H12O3S/c1-7(13)11-12(15-11)10(14)8-3-5-9(16-2)6-4-8/h3-6,11-12H,1-2H3. The minimum absolute atomic E-state index is 0.0842. The maximum atomic E-state index is 11.8. The average Bonchev–Trinajstić information content (AvgIpc) is 3.08. The highest BCUT2D eigenvalue weighted by atomic mass is 32.2. The molecule has 0 spiro atoms. The van der Waals surface area contributed by atoms with Gasteiger partial charge in [-0.1, -0.05) is 12.1 Å². The number of epoxide rings is 1. The first kappa shape index (κ1) is 11.4. The molecule has 1 aliphatic heterocycles. The van der Waals surface area contributed by atoms with Crippen LogP contribution in [0, 0.1) is 0 Å². The summed E-state index contributed by atoms with van der Waals surface area (Å²) in [5.74, 6) is -0.188. The Morgan fingerprint density at radius 2 is 1.81 bits per heavy atom. The molecule has 1 saturated heterocycles. The molecular weight excluding hydrogens is 224 g/mol. The van der Waals surface area contributed by atoms with Gasteiger partial charge in [-0.2, -0.15) is 0 Å². The Kier molecular flexibility index (Phi) is 3.12. The van der Waals surface area contributed by atoms with Gasteiger partial charge in [-0.25, -0.2) is 0 Å². The number of carbonyl (C=O) groups is 2. The lowest BCUT2D eigenvalue weighted by Gasteiger charge is -1.99. The lowest BCUT2D eigenvalue weighted by Crippen LogP contribution is -2.14. The third kappa shape index (κ3) is 2.18. The Morgan fingerprint density at radius 1 is 1.19 bits per heavy atom. The third-order valence-electron chi connectivity index (χ3n) is 2.53. The van der Waals surface area contributed by atoms with E-state index in [1.165, 1.54) is 6.92 Å². The summed E-state index contributed by atoms with van der Waals surface area (Å²) in [6, 6.07) is 7.33. The maximum Gasteiger partial charge on any atom is 0.194 e. The van der Waals surface area contributed by atoms with E-state index in [9.17, 15) is 9.59 Å². The molecule has 2 unspecified atom stereocenters. The predicted octanol–water partition coefficient (Wildman–Crippen LogP) is 1.95. The molecule has 0 N–H and O–H groups in total. The van der Waals surface area contributed by atoms with Crippen molar-refractivity contribution < 1.29 is 14.3 Å². The van der Waals surface area contributed by atoms with Crippen molar-refractivity contribution in [3.63, 3.8) is 0 Å². The zero-order chi connectivity index (χ0) is 11.7. The van der Waals surface area contributed by atoms with Crippen molar-refractivity contribution in [1.29, 1.82) is 0 Å². The van der Waals surface area contributed by atoms with Gasteiger partial charge < -0.3 is 4.74 Å². The number of thioether (sulfide) groups is 1. The van der Waals surface area contributed by atoms with Crippen LogP contribution in [0.5, 0.6) is 0 Å². The quantitative estimate of drug-likeness (QED) is 0.455. The summed E-state index contributed by atoms with van der Waals surface area (Å²) in [5, 5.41) is 0. The first-order valence-electron chi connectivity index (χ1n) is 4.97. The number of ether oxygens (including phenoxy) is 1. The zero-order valence-corrected chi connectivity index (χ0v) is 9.91. The highest BCUT2D eigenvalue weighted by Gasteiger charge is 2.48. The van der Waals surface area contributed by atoms with Crippen molar-refractivity contribution in [2.45, 2.75) is 24.0 Å².